The van der Waals surface area contributed by atoms with Crippen LogP contribution in [0.1, 0.15) is 76.6 Å². The van der Waals surface area contributed by atoms with E-state index in [1.165, 1.54) is 16.9 Å². The monoisotopic (exact) mass is 505 g/mol. The molecule has 0 saturated carbocycles. The third-order valence-electron chi connectivity index (χ3n) is 6.82. The van der Waals surface area contributed by atoms with Gasteiger partial charge in [-0.15, -0.1) is 11.3 Å². The topological polar surface area (TPSA) is 71.5 Å². The predicted octanol–water partition coefficient (Wildman–Crippen LogP) is 5.96. The first-order valence-electron chi connectivity index (χ1n) is 12.7. The van der Waals surface area contributed by atoms with E-state index in [0.717, 1.165) is 36.4 Å². The Morgan fingerprint density at radius 3 is 2.42 bits per heavy atom. The highest BCUT2D eigenvalue weighted by atomic mass is 32.1. The van der Waals surface area contributed by atoms with E-state index in [4.69, 9.17) is 4.74 Å². The van der Waals surface area contributed by atoms with Crippen molar-refractivity contribution in [2.75, 3.05) is 18.1 Å². The summed E-state index contributed by atoms with van der Waals surface area (Å²) >= 11 is 1.36. The summed E-state index contributed by atoms with van der Waals surface area (Å²) in [5.74, 6) is -0.0420. The minimum atomic E-state index is -0.837. The van der Waals surface area contributed by atoms with Gasteiger partial charge < -0.3 is 10.1 Å². The highest BCUT2D eigenvalue weighted by Gasteiger charge is 2.35. The number of hydrogen-bond donors (Lipinski definition) is 1. The molecule has 0 bridgehead atoms. The third-order valence-corrected chi connectivity index (χ3v) is 7.88. The number of benzene rings is 2. The van der Waals surface area contributed by atoms with Crippen molar-refractivity contribution in [2.24, 2.45) is 0 Å². The molecule has 2 heterocycles. The summed E-state index contributed by atoms with van der Waals surface area (Å²) in [5, 5.41) is 3.89. The summed E-state index contributed by atoms with van der Waals surface area (Å²) in [4.78, 5) is 34.6. The van der Waals surface area contributed by atoms with Gasteiger partial charge in [-0.2, -0.15) is 0 Å². The van der Waals surface area contributed by atoms with Crippen molar-refractivity contribution in [3.8, 4) is 0 Å². The zero-order valence-electron chi connectivity index (χ0n) is 21.5. The van der Waals surface area contributed by atoms with Crippen molar-refractivity contribution in [3.63, 3.8) is 0 Å². The molecule has 1 aliphatic heterocycles. The molecule has 1 N–H and O–H groups in total. The highest BCUT2D eigenvalue weighted by Crippen LogP contribution is 2.33. The van der Waals surface area contributed by atoms with Gasteiger partial charge in [-0.05, 0) is 62.3 Å². The molecule has 1 fully saturated rings. The molecular weight excluding hydrogens is 470 g/mol. The summed E-state index contributed by atoms with van der Waals surface area (Å²) in [7, 11) is 0. The van der Waals surface area contributed by atoms with E-state index in [1.54, 1.807) is 4.90 Å². The van der Waals surface area contributed by atoms with E-state index in [-0.39, 0.29) is 17.9 Å². The van der Waals surface area contributed by atoms with Gasteiger partial charge in [0, 0.05) is 18.8 Å². The molecular formula is C29H35N3O3S. The smallest absolute Gasteiger partial charge is 0.271 e. The zero-order chi connectivity index (χ0) is 25.7. The van der Waals surface area contributed by atoms with Crippen LogP contribution in [0.5, 0.6) is 0 Å². The van der Waals surface area contributed by atoms with Crippen LogP contribution in [0.2, 0.25) is 0 Å². The maximum absolute atomic E-state index is 14.1. The number of hydrogen-bond acceptors (Lipinski definition) is 5. The number of thiazole rings is 1. The van der Waals surface area contributed by atoms with Gasteiger partial charge in [-0.3, -0.25) is 14.5 Å². The number of nitrogens with one attached hydrogen (secondary N) is 1. The molecule has 1 aromatic heterocycles. The third kappa shape index (κ3) is 5.85. The average molecular weight is 506 g/mol. The van der Waals surface area contributed by atoms with Crippen LogP contribution in [-0.4, -0.2) is 36.1 Å². The van der Waals surface area contributed by atoms with Crippen LogP contribution in [0.15, 0.2) is 54.6 Å². The number of rotatable bonds is 9. The van der Waals surface area contributed by atoms with Crippen LogP contribution in [0.25, 0.3) is 0 Å². The fraction of sp³-hybridized carbons (Fsp3) is 0.414. The molecule has 3 atom stereocenters. The van der Waals surface area contributed by atoms with E-state index in [0.29, 0.717) is 28.7 Å². The van der Waals surface area contributed by atoms with Crippen LogP contribution in [0.4, 0.5) is 5.69 Å². The Hall–Kier alpha value is -3.03. The SMILES string of the molecule is CCC(C)c1ccc(N(C(=O)c2sc(C)nc2C)C(C(=O)NCC2CCCO2)c2ccccc2)cc1. The van der Waals surface area contributed by atoms with E-state index < -0.39 is 6.04 Å². The molecule has 4 rings (SSSR count). The Bertz CT molecular complexity index is 1170. The standard InChI is InChI=1S/C29H35N3O3S/c1-5-19(2)22-13-15-24(16-14-22)32(29(34)27-20(3)31-21(4)36-27)26(23-10-7-6-8-11-23)28(33)30-18-25-12-9-17-35-25/h6-8,10-11,13-16,19,25-26H,5,9,12,17-18H2,1-4H3,(H,30,33). The highest BCUT2D eigenvalue weighted by molar-refractivity contribution is 7.13. The number of ether oxygens (including phenoxy) is 1. The average Bonchev–Trinajstić information content (AvgIpc) is 3.54. The summed E-state index contributed by atoms with van der Waals surface area (Å²) in [6.07, 6.45) is 2.96. The lowest BCUT2D eigenvalue weighted by Gasteiger charge is -2.32. The summed E-state index contributed by atoms with van der Waals surface area (Å²) in [5.41, 5.74) is 3.31. The quantitative estimate of drug-likeness (QED) is 0.390. The van der Waals surface area contributed by atoms with Crippen LogP contribution < -0.4 is 10.2 Å². The number of amides is 2. The van der Waals surface area contributed by atoms with Gasteiger partial charge in [0.1, 0.15) is 10.9 Å². The van der Waals surface area contributed by atoms with Crippen molar-refractivity contribution in [3.05, 3.63) is 81.3 Å². The lowest BCUT2D eigenvalue weighted by Crippen LogP contribution is -2.45. The molecule has 3 unspecified atom stereocenters. The Kier molecular flexibility index (Phi) is 8.54. The number of carbonyl (C=O) groups excluding carboxylic acids is 2. The maximum Gasteiger partial charge on any atom is 0.271 e. The Morgan fingerprint density at radius 1 is 1.11 bits per heavy atom. The second kappa shape index (κ2) is 11.8. The Balaban J connectivity index is 1.77. The second-order valence-corrected chi connectivity index (χ2v) is 10.6. The van der Waals surface area contributed by atoms with E-state index in [1.807, 2.05) is 56.3 Å². The molecule has 0 radical (unpaired) electrons. The van der Waals surface area contributed by atoms with E-state index in [2.05, 4.69) is 36.3 Å². The van der Waals surface area contributed by atoms with Crippen molar-refractivity contribution in [1.29, 1.82) is 0 Å². The number of anilines is 1. The molecule has 190 valence electrons. The zero-order valence-corrected chi connectivity index (χ0v) is 22.3. The van der Waals surface area contributed by atoms with Gasteiger partial charge in [0.2, 0.25) is 5.91 Å². The van der Waals surface area contributed by atoms with E-state index >= 15 is 0 Å². The first-order chi connectivity index (χ1) is 17.4. The summed E-state index contributed by atoms with van der Waals surface area (Å²) in [6, 6.07) is 16.7. The van der Waals surface area contributed by atoms with Gasteiger partial charge in [-0.1, -0.05) is 56.3 Å². The van der Waals surface area contributed by atoms with Crippen molar-refractivity contribution in [1.82, 2.24) is 10.3 Å². The molecule has 0 spiro atoms. The lowest BCUT2D eigenvalue weighted by molar-refractivity contribution is -0.123. The first-order valence-corrected chi connectivity index (χ1v) is 13.5. The van der Waals surface area contributed by atoms with Crippen LogP contribution in [0, 0.1) is 13.8 Å². The minimum absolute atomic E-state index is 0.00994. The maximum atomic E-state index is 14.1. The largest absolute Gasteiger partial charge is 0.376 e. The Labute approximate surface area is 217 Å². The second-order valence-electron chi connectivity index (χ2n) is 9.42. The summed E-state index contributed by atoms with van der Waals surface area (Å²) in [6.45, 7) is 9.23. The van der Waals surface area contributed by atoms with Crippen LogP contribution in [-0.2, 0) is 9.53 Å². The molecule has 2 aromatic carbocycles. The predicted molar refractivity (Wildman–Crippen MR) is 145 cm³/mol. The normalized spacial score (nSPS) is 16.9. The molecule has 3 aromatic rings. The fourth-order valence-electron chi connectivity index (χ4n) is 4.59. The van der Waals surface area contributed by atoms with Gasteiger partial charge in [0.15, 0.2) is 0 Å². The molecule has 7 heteroatoms. The molecule has 2 amide bonds. The van der Waals surface area contributed by atoms with Crippen molar-refractivity contribution in [2.45, 2.75) is 65.0 Å². The Morgan fingerprint density at radius 2 is 1.83 bits per heavy atom. The van der Waals surface area contributed by atoms with E-state index in [9.17, 15) is 9.59 Å². The number of carbonyl (C=O) groups is 2. The van der Waals surface area contributed by atoms with Crippen molar-refractivity contribution >= 4 is 28.8 Å². The fourth-order valence-corrected chi connectivity index (χ4v) is 5.45. The van der Waals surface area contributed by atoms with Gasteiger partial charge >= 0.3 is 0 Å². The molecule has 1 saturated heterocycles. The number of aryl methyl sites for hydroxylation is 2. The summed E-state index contributed by atoms with van der Waals surface area (Å²) < 4.78 is 5.71. The minimum Gasteiger partial charge on any atom is -0.376 e. The number of nitrogens with zero attached hydrogens (tertiary/aromatic N) is 2. The first kappa shape index (κ1) is 26.0. The molecule has 0 aliphatic carbocycles. The van der Waals surface area contributed by atoms with Crippen LogP contribution in [0.3, 0.4) is 0 Å². The van der Waals surface area contributed by atoms with Gasteiger partial charge in [0.25, 0.3) is 5.91 Å². The van der Waals surface area contributed by atoms with Crippen molar-refractivity contribution < 1.29 is 14.3 Å². The molecule has 36 heavy (non-hydrogen) atoms. The molecule has 6 nitrogen and oxygen atoms in total. The lowest BCUT2D eigenvalue weighted by atomic mass is 9.97. The number of aromatic nitrogens is 1. The van der Waals surface area contributed by atoms with Crippen LogP contribution >= 0.6 is 11.3 Å². The molecule has 1 aliphatic rings. The van der Waals surface area contributed by atoms with Gasteiger partial charge in [-0.25, -0.2) is 4.98 Å². The van der Waals surface area contributed by atoms with Gasteiger partial charge in [0.05, 0.1) is 16.8 Å².